The second kappa shape index (κ2) is 8.83. The lowest BCUT2D eigenvalue weighted by molar-refractivity contribution is 0.718. The van der Waals surface area contributed by atoms with Crippen molar-refractivity contribution in [1.29, 1.82) is 0 Å². The summed E-state index contributed by atoms with van der Waals surface area (Å²) in [6.45, 7) is 5.41. The molecule has 114 valence electrons. The van der Waals surface area contributed by atoms with E-state index in [9.17, 15) is 0 Å². The highest BCUT2D eigenvalue weighted by molar-refractivity contribution is 7.15. The van der Waals surface area contributed by atoms with Gasteiger partial charge in [0.1, 0.15) is 0 Å². The van der Waals surface area contributed by atoms with Crippen molar-refractivity contribution in [2.45, 2.75) is 52.4 Å². The van der Waals surface area contributed by atoms with E-state index in [2.05, 4.69) is 49.5 Å². The van der Waals surface area contributed by atoms with Crippen molar-refractivity contribution in [2.24, 2.45) is 0 Å². The molecule has 0 aliphatic carbocycles. The second-order valence-electron chi connectivity index (χ2n) is 5.36. The molecule has 2 aromatic rings. The topological polar surface area (TPSA) is 24.9 Å². The molecule has 1 aromatic heterocycles. The maximum atomic E-state index is 4.75. The summed E-state index contributed by atoms with van der Waals surface area (Å²) in [4.78, 5) is 6.23. The molecule has 0 saturated heterocycles. The molecule has 0 amide bonds. The minimum absolute atomic E-state index is 0.953. The average molecular weight is 302 g/mol. The van der Waals surface area contributed by atoms with Gasteiger partial charge < -0.3 is 5.32 Å². The highest BCUT2D eigenvalue weighted by Crippen LogP contribution is 2.25. The molecule has 1 heterocycles. The summed E-state index contributed by atoms with van der Waals surface area (Å²) in [6.07, 6.45) is 7.16. The van der Waals surface area contributed by atoms with Gasteiger partial charge in [-0.25, -0.2) is 4.98 Å². The van der Waals surface area contributed by atoms with Gasteiger partial charge in [0, 0.05) is 11.4 Å². The number of aromatic nitrogens is 1. The molecule has 1 N–H and O–H groups in total. The summed E-state index contributed by atoms with van der Waals surface area (Å²) in [7, 11) is 0. The molecular weight excluding hydrogens is 276 g/mol. The van der Waals surface area contributed by atoms with E-state index in [-0.39, 0.29) is 0 Å². The summed E-state index contributed by atoms with van der Waals surface area (Å²) in [5, 5.41) is 4.58. The van der Waals surface area contributed by atoms with Gasteiger partial charge in [-0.1, -0.05) is 57.0 Å². The van der Waals surface area contributed by atoms with Crippen LogP contribution >= 0.6 is 11.3 Å². The summed E-state index contributed by atoms with van der Waals surface area (Å²) >= 11 is 1.85. The van der Waals surface area contributed by atoms with Crippen molar-refractivity contribution in [3.63, 3.8) is 0 Å². The maximum absolute atomic E-state index is 4.75. The van der Waals surface area contributed by atoms with Gasteiger partial charge in [-0.2, -0.15) is 0 Å². The smallest absolute Gasteiger partial charge is 0.183 e. The van der Waals surface area contributed by atoms with Crippen molar-refractivity contribution >= 4 is 16.5 Å². The van der Waals surface area contributed by atoms with Crippen LogP contribution in [0.25, 0.3) is 0 Å². The summed E-state index contributed by atoms with van der Waals surface area (Å²) in [5.74, 6) is 0. The Hall–Kier alpha value is -1.35. The fraction of sp³-hybridized carbons (Fsp3) is 0.500. The number of nitrogens with zero attached hydrogens (tertiary/aromatic N) is 1. The van der Waals surface area contributed by atoms with Crippen LogP contribution in [0.3, 0.4) is 0 Å². The molecule has 0 saturated carbocycles. The Balaban J connectivity index is 1.85. The Morgan fingerprint density at radius 3 is 2.57 bits per heavy atom. The van der Waals surface area contributed by atoms with Crippen LogP contribution in [0.1, 0.15) is 49.2 Å². The van der Waals surface area contributed by atoms with Crippen molar-refractivity contribution in [3.05, 3.63) is 46.5 Å². The summed E-state index contributed by atoms with van der Waals surface area (Å²) in [6, 6.07) is 10.6. The van der Waals surface area contributed by atoms with E-state index in [1.165, 1.54) is 41.8 Å². The van der Waals surface area contributed by atoms with Crippen molar-refractivity contribution < 1.29 is 0 Å². The number of benzene rings is 1. The molecule has 0 unspecified atom stereocenters. The van der Waals surface area contributed by atoms with E-state index in [0.717, 1.165) is 24.5 Å². The molecule has 0 bridgehead atoms. The number of nitrogens with one attached hydrogen (secondary N) is 1. The molecule has 0 aliphatic rings. The van der Waals surface area contributed by atoms with E-state index < -0.39 is 0 Å². The zero-order valence-electron chi connectivity index (χ0n) is 13.2. The van der Waals surface area contributed by atoms with E-state index >= 15 is 0 Å². The first-order valence-electron chi connectivity index (χ1n) is 8.09. The molecule has 2 nitrogen and oxygen atoms in total. The van der Waals surface area contributed by atoms with Gasteiger partial charge in [-0.15, -0.1) is 11.3 Å². The highest BCUT2D eigenvalue weighted by atomic mass is 32.1. The largest absolute Gasteiger partial charge is 0.361 e. The molecular formula is C18H26N2S. The monoisotopic (exact) mass is 302 g/mol. The quantitative estimate of drug-likeness (QED) is 0.652. The molecule has 0 radical (unpaired) electrons. The number of anilines is 1. The van der Waals surface area contributed by atoms with Crippen LogP contribution in [0, 0.1) is 0 Å². The molecule has 1 aromatic carbocycles. The van der Waals surface area contributed by atoms with E-state index in [1.807, 2.05) is 11.3 Å². The Morgan fingerprint density at radius 1 is 1.05 bits per heavy atom. The van der Waals surface area contributed by atoms with Gasteiger partial charge in [0.2, 0.25) is 0 Å². The fourth-order valence-electron chi connectivity index (χ4n) is 2.42. The summed E-state index contributed by atoms with van der Waals surface area (Å²) < 4.78 is 0. The third kappa shape index (κ3) is 5.16. The SMILES string of the molecule is CCCCCc1sc(NCCc2ccccc2)nc1CC. The Labute approximate surface area is 132 Å². The number of hydrogen-bond donors (Lipinski definition) is 1. The Bertz CT molecular complexity index is 519. The van der Waals surface area contributed by atoms with Gasteiger partial charge >= 0.3 is 0 Å². The number of hydrogen-bond acceptors (Lipinski definition) is 3. The van der Waals surface area contributed by atoms with Crippen LogP contribution < -0.4 is 5.32 Å². The predicted molar refractivity (Wildman–Crippen MR) is 93.4 cm³/mol. The van der Waals surface area contributed by atoms with Crippen molar-refractivity contribution in [1.82, 2.24) is 4.98 Å². The highest BCUT2D eigenvalue weighted by Gasteiger charge is 2.09. The van der Waals surface area contributed by atoms with Crippen LogP contribution in [0.4, 0.5) is 5.13 Å². The fourth-order valence-corrected chi connectivity index (χ4v) is 3.54. The first kappa shape index (κ1) is 16.0. The predicted octanol–water partition coefficient (Wildman–Crippen LogP) is 5.09. The molecule has 2 rings (SSSR count). The van der Waals surface area contributed by atoms with Gasteiger partial charge in [0.05, 0.1) is 5.69 Å². The molecule has 3 heteroatoms. The van der Waals surface area contributed by atoms with Crippen LogP contribution in [-0.2, 0) is 19.3 Å². The lowest BCUT2D eigenvalue weighted by Crippen LogP contribution is -2.04. The zero-order valence-corrected chi connectivity index (χ0v) is 14.0. The Morgan fingerprint density at radius 2 is 1.86 bits per heavy atom. The van der Waals surface area contributed by atoms with Crippen LogP contribution in [0.5, 0.6) is 0 Å². The van der Waals surface area contributed by atoms with Crippen LogP contribution in [0.15, 0.2) is 30.3 Å². The van der Waals surface area contributed by atoms with Gasteiger partial charge in [-0.3, -0.25) is 0 Å². The standard InChI is InChI=1S/C18H26N2S/c1-3-5-7-12-17-16(4-2)20-18(21-17)19-14-13-15-10-8-6-9-11-15/h6,8-11H,3-5,7,12-14H2,1-2H3,(H,19,20). The lowest BCUT2D eigenvalue weighted by Gasteiger charge is -2.02. The average Bonchev–Trinajstić information content (AvgIpc) is 2.91. The first-order chi connectivity index (χ1) is 10.3. The van der Waals surface area contributed by atoms with Crippen LogP contribution in [0.2, 0.25) is 0 Å². The second-order valence-corrected chi connectivity index (χ2v) is 6.45. The van der Waals surface area contributed by atoms with Crippen LogP contribution in [-0.4, -0.2) is 11.5 Å². The van der Waals surface area contributed by atoms with Gasteiger partial charge in [0.15, 0.2) is 5.13 Å². The molecule has 0 spiro atoms. The minimum atomic E-state index is 0.953. The third-order valence-electron chi connectivity index (χ3n) is 3.65. The lowest BCUT2D eigenvalue weighted by atomic mass is 10.1. The third-order valence-corrected chi connectivity index (χ3v) is 4.77. The summed E-state index contributed by atoms with van der Waals surface area (Å²) in [5.41, 5.74) is 2.67. The van der Waals surface area contributed by atoms with Gasteiger partial charge in [-0.05, 0) is 31.2 Å². The van der Waals surface area contributed by atoms with E-state index in [4.69, 9.17) is 4.98 Å². The molecule has 0 fully saturated rings. The Kier molecular flexibility index (Phi) is 6.74. The maximum Gasteiger partial charge on any atom is 0.183 e. The molecule has 21 heavy (non-hydrogen) atoms. The van der Waals surface area contributed by atoms with E-state index in [0.29, 0.717) is 0 Å². The van der Waals surface area contributed by atoms with Crippen molar-refractivity contribution in [3.8, 4) is 0 Å². The normalized spacial score (nSPS) is 10.8. The number of unbranched alkanes of at least 4 members (excludes halogenated alkanes) is 2. The van der Waals surface area contributed by atoms with Gasteiger partial charge in [0.25, 0.3) is 0 Å². The molecule has 0 aliphatic heterocycles. The number of thiazole rings is 1. The first-order valence-corrected chi connectivity index (χ1v) is 8.91. The number of rotatable bonds is 9. The zero-order chi connectivity index (χ0) is 14.9. The van der Waals surface area contributed by atoms with Crippen molar-refractivity contribution in [2.75, 3.05) is 11.9 Å². The van der Waals surface area contributed by atoms with E-state index in [1.54, 1.807) is 0 Å². The number of aryl methyl sites for hydroxylation is 2. The minimum Gasteiger partial charge on any atom is -0.361 e. The molecule has 0 atom stereocenters.